The van der Waals surface area contributed by atoms with Gasteiger partial charge < -0.3 is 10.0 Å². The molecule has 2 atom stereocenters. The molecule has 0 aromatic carbocycles. The maximum Gasteiger partial charge on any atom is 0.322 e. The number of carbonyl (C=O) groups is 1. The lowest BCUT2D eigenvalue weighted by molar-refractivity contribution is -0.136. The van der Waals surface area contributed by atoms with Crippen molar-refractivity contribution in [3.8, 4) is 0 Å². The molecule has 0 radical (unpaired) electrons. The molecule has 0 amide bonds. The first-order chi connectivity index (χ1) is 7.63. The number of likely N-dealkylation sites (tertiary alicyclic amines) is 1. The Balaban J connectivity index is 2.32. The molecule has 1 rings (SSSR count). The standard InChI is InChI=1S/C12H22ClNO2/c1-2-4-10-5-3-7-14(8-6-10)9-11(13)12(15)16/h10-11H,2-9H2,1H3,(H,15,16). The van der Waals surface area contributed by atoms with Crippen LogP contribution in [0.15, 0.2) is 0 Å². The lowest BCUT2D eigenvalue weighted by Gasteiger charge is -2.21. The van der Waals surface area contributed by atoms with Gasteiger partial charge in [0.2, 0.25) is 0 Å². The van der Waals surface area contributed by atoms with Crippen molar-refractivity contribution in [2.75, 3.05) is 19.6 Å². The summed E-state index contributed by atoms with van der Waals surface area (Å²) in [6, 6.07) is 0. The molecule has 4 heteroatoms. The molecular weight excluding hydrogens is 226 g/mol. The first-order valence-corrected chi connectivity index (χ1v) is 6.66. The fraction of sp³-hybridized carbons (Fsp3) is 0.917. The van der Waals surface area contributed by atoms with E-state index in [1.165, 1.54) is 32.1 Å². The Bertz CT molecular complexity index is 223. The van der Waals surface area contributed by atoms with Crippen LogP contribution in [-0.4, -0.2) is 41.0 Å². The number of nitrogens with zero attached hydrogens (tertiary/aromatic N) is 1. The molecule has 0 aromatic rings. The topological polar surface area (TPSA) is 40.5 Å². The van der Waals surface area contributed by atoms with E-state index in [1.54, 1.807) is 0 Å². The zero-order chi connectivity index (χ0) is 12.0. The summed E-state index contributed by atoms with van der Waals surface area (Å²) >= 11 is 5.76. The Hall–Kier alpha value is -0.280. The molecule has 0 aliphatic carbocycles. The minimum atomic E-state index is -0.906. The summed E-state index contributed by atoms with van der Waals surface area (Å²) in [5, 5.41) is 8.00. The van der Waals surface area contributed by atoms with Gasteiger partial charge in [-0.1, -0.05) is 19.8 Å². The van der Waals surface area contributed by atoms with Gasteiger partial charge >= 0.3 is 5.97 Å². The summed E-state index contributed by atoms with van der Waals surface area (Å²) in [5.74, 6) is -0.0791. The van der Waals surface area contributed by atoms with E-state index in [-0.39, 0.29) is 0 Å². The van der Waals surface area contributed by atoms with Crippen molar-refractivity contribution < 1.29 is 9.90 Å². The number of hydrogen-bond acceptors (Lipinski definition) is 2. The van der Waals surface area contributed by atoms with Gasteiger partial charge in [0.25, 0.3) is 0 Å². The molecule has 0 aromatic heterocycles. The zero-order valence-electron chi connectivity index (χ0n) is 9.99. The van der Waals surface area contributed by atoms with Gasteiger partial charge in [0.05, 0.1) is 0 Å². The normalized spacial score (nSPS) is 25.0. The van der Waals surface area contributed by atoms with Gasteiger partial charge in [0, 0.05) is 6.54 Å². The average Bonchev–Trinajstić information content (AvgIpc) is 2.44. The van der Waals surface area contributed by atoms with E-state index in [4.69, 9.17) is 16.7 Å². The van der Waals surface area contributed by atoms with Crippen LogP contribution < -0.4 is 0 Å². The molecule has 0 saturated carbocycles. The molecule has 16 heavy (non-hydrogen) atoms. The highest BCUT2D eigenvalue weighted by molar-refractivity contribution is 6.29. The van der Waals surface area contributed by atoms with Gasteiger partial charge in [-0.05, 0) is 38.3 Å². The highest BCUT2D eigenvalue weighted by Crippen LogP contribution is 2.22. The number of hydrogen-bond donors (Lipinski definition) is 1. The Labute approximate surface area is 103 Å². The van der Waals surface area contributed by atoms with Crippen LogP contribution in [0, 0.1) is 5.92 Å². The van der Waals surface area contributed by atoms with E-state index < -0.39 is 11.3 Å². The number of rotatable bonds is 5. The third-order valence-corrected chi connectivity index (χ3v) is 3.65. The van der Waals surface area contributed by atoms with Crippen LogP contribution in [0.25, 0.3) is 0 Å². The van der Waals surface area contributed by atoms with Crippen LogP contribution in [0.4, 0.5) is 0 Å². The Morgan fingerprint density at radius 2 is 2.25 bits per heavy atom. The third kappa shape index (κ3) is 4.71. The van der Waals surface area contributed by atoms with Crippen LogP contribution in [-0.2, 0) is 4.79 Å². The predicted octanol–water partition coefficient (Wildman–Crippen LogP) is 2.58. The fourth-order valence-corrected chi connectivity index (χ4v) is 2.60. The van der Waals surface area contributed by atoms with E-state index in [2.05, 4.69) is 11.8 Å². The zero-order valence-corrected chi connectivity index (χ0v) is 10.7. The van der Waals surface area contributed by atoms with Crippen LogP contribution >= 0.6 is 11.6 Å². The number of alkyl halides is 1. The molecule has 1 N–H and O–H groups in total. The number of aliphatic carboxylic acids is 1. The van der Waals surface area contributed by atoms with Crippen molar-refractivity contribution in [2.45, 2.75) is 44.4 Å². The minimum Gasteiger partial charge on any atom is -0.480 e. The number of carboxylic acids is 1. The van der Waals surface area contributed by atoms with Gasteiger partial charge in [-0.25, -0.2) is 0 Å². The molecule has 1 heterocycles. The quantitative estimate of drug-likeness (QED) is 0.760. The fourth-order valence-electron chi connectivity index (χ4n) is 2.41. The summed E-state index contributed by atoms with van der Waals surface area (Å²) in [6.45, 7) is 4.70. The lowest BCUT2D eigenvalue weighted by Crippen LogP contribution is -2.34. The van der Waals surface area contributed by atoms with Crippen molar-refractivity contribution in [1.82, 2.24) is 4.90 Å². The highest BCUT2D eigenvalue weighted by atomic mass is 35.5. The molecular formula is C12H22ClNO2. The Kier molecular flexibility index (Phi) is 6.14. The van der Waals surface area contributed by atoms with Gasteiger partial charge in [-0.2, -0.15) is 0 Å². The van der Waals surface area contributed by atoms with Crippen LogP contribution in [0.3, 0.4) is 0 Å². The van der Waals surface area contributed by atoms with E-state index in [0.717, 1.165) is 19.0 Å². The van der Waals surface area contributed by atoms with Gasteiger partial charge in [0.15, 0.2) is 0 Å². The molecule has 2 unspecified atom stereocenters. The molecule has 1 aliphatic heterocycles. The maximum atomic E-state index is 10.7. The largest absolute Gasteiger partial charge is 0.480 e. The van der Waals surface area contributed by atoms with Crippen molar-refractivity contribution in [3.05, 3.63) is 0 Å². The summed E-state index contributed by atoms with van der Waals surface area (Å²) < 4.78 is 0. The molecule has 94 valence electrons. The summed E-state index contributed by atoms with van der Waals surface area (Å²) in [4.78, 5) is 12.9. The maximum absolute atomic E-state index is 10.7. The minimum absolute atomic E-state index is 0.482. The molecule has 3 nitrogen and oxygen atoms in total. The monoisotopic (exact) mass is 247 g/mol. The predicted molar refractivity (Wildman–Crippen MR) is 66.0 cm³/mol. The molecule has 0 spiro atoms. The second-order valence-corrected chi connectivity index (χ2v) is 5.22. The van der Waals surface area contributed by atoms with Gasteiger partial charge in [-0.3, -0.25) is 4.79 Å². The first kappa shape index (κ1) is 13.8. The second kappa shape index (κ2) is 7.13. The summed E-state index contributed by atoms with van der Waals surface area (Å²) in [6.07, 6.45) is 6.20. The van der Waals surface area contributed by atoms with Crippen LogP contribution in [0.2, 0.25) is 0 Å². The molecule has 0 bridgehead atoms. The molecule has 1 fully saturated rings. The van der Waals surface area contributed by atoms with Crippen molar-refractivity contribution in [3.63, 3.8) is 0 Å². The van der Waals surface area contributed by atoms with Gasteiger partial charge in [-0.15, -0.1) is 11.6 Å². The molecule has 1 saturated heterocycles. The smallest absolute Gasteiger partial charge is 0.322 e. The van der Waals surface area contributed by atoms with Gasteiger partial charge in [0.1, 0.15) is 5.38 Å². The number of halogens is 1. The highest BCUT2D eigenvalue weighted by Gasteiger charge is 2.21. The van der Waals surface area contributed by atoms with Crippen LogP contribution in [0.5, 0.6) is 0 Å². The van der Waals surface area contributed by atoms with Crippen molar-refractivity contribution in [2.24, 2.45) is 5.92 Å². The Morgan fingerprint density at radius 1 is 1.50 bits per heavy atom. The van der Waals surface area contributed by atoms with E-state index in [9.17, 15) is 4.79 Å². The van der Waals surface area contributed by atoms with Crippen LogP contribution in [0.1, 0.15) is 39.0 Å². The second-order valence-electron chi connectivity index (χ2n) is 4.69. The van der Waals surface area contributed by atoms with Crippen molar-refractivity contribution in [1.29, 1.82) is 0 Å². The van der Waals surface area contributed by atoms with Crippen molar-refractivity contribution >= 4 is 17.6 Å². The third-order valence-electron chi connectivity index (χ3n) is 3.32. The number of carboxylic acid groups (broad SMARTS) is 1. The Morgan fingerprint density at radius 3 is 2.88 bits per heavy atom. The lowest BCUT2D eigenvalue weighted by atomic mass is 9.96. The average molecular weight is 248 g/mol. The van der Waals surface area contributed by atoms with E-state index in [1.807, 2.05) is 0 Å². The summed E-state index contributed by atoms with van der Waals surface area (Å²) in [5.41, 5.74) is 0. The van der Waals surface area contributed by atoms with E-state index >= 15 is 0 Å². The summed E-state index contributed by atoms with van der Waals surface area (Å²) in [7, 11) is 0. The first-order valence-electron chi connectivity index (χ1n) is 6.22. The SMILES string of the molecule is CCCC1CCCN(CC(Cl)C(=O)O)CC1. The van der Waals surface area contributed by atoms with E-state index in [0.29, 0.717) is 6.54 Å². The molecule has 1 aliphatic rings.